The van der Waals surface area contributed by atoms with Gasteiger partial charge in [-0.15, -0.1) is 0 Å². The van der Waals surface area contributed by atoms with E-state index in [4.69, 9.17) is 0 Å². The van der Waals surface area contributed by atoms with Crippen LogP contribution < -0.4 is 5.43 Å². The van der Waals surface area contributed by atoms with Crippen molar-refractivity contribution in [1.29, 1.82) is 0 Å². The molecule has 2 aliphatic rings. The molecule has 94 valence electrons. The summed E-state index contributed by atoms with van der Waals surface area (Å²) in [6, 6.07) is 0.354. The first-order valence-electron chi connectivity index (χ1n) is 5.95. The fourth-order valence-corrected chi connectivity index (χ4v) is 3.70. The summed E-state index contributed by atoms with van der Waals surface area (Å²) in [5.41, 5.74) is 3.46. The molecule has 0 aromatic heterocycles. The minimum absolute atomic E-state index is 0.346. The lowest BCUT2D eigenvalue weighted by atomic mass is 10.2. The molecule has 16 heavy (non-hydrogen) atoms. The van der Waals surface area contributed by atoms with Crippen molar-refractivity contribution < 1.29 is 8.42 Å². The molecule has 6 heteroatoms. The second-order valence-electron chi connectivity index (χ2n) is 4.85. The molecule has 0 spiro atoms. The Morgan fingerprint density at radius 2 is 1.62 bits per heavy atom. The number of piperazine rings is 1. The average Bonchev–Trinajstić information content (AvgIpc) is 2.24. The Morgan fingerprint density at radius 1 is 1.06 bits per heavy atom. The summed E-state index contributed by atoms with van der Waals surface area (Å²) in [4.78, 5) is 2.31. The third-order valence-corrected chi connectivity index (χ3v) is 5.14. The first kappa shape index (κ1) is 12.3. The highest BCUT2D eigenvalue weighted by atomic mass is 32.2. The van der Waals surface area contributed by atoms with Gasteiger partial charge in [0, 0.05) is 32.2 Å². The summed E-state index contributed by atoms with van der Waals surface area (Å²) in [6.45, 7) is 4.22. The van der Waals surface area contributed by atoms with Gasteiger partial charge >= 0.3 is 0 Å². The lowest BCUT2D eigenvalue weighted by molar-refractivity contribution is 0.0845. The Balaban J connectivity index is 1.75. The number of hydrogen-bond acceptors (Lipinski definition) is 5. The van der Waals surface area contributed by atoms with E-state index in [1.807, 2.05) is 0 Å². The van der Waals surface area contributed by atoms with Crippen LogP contribution in [0.25, 0.3) is 0 Å². The molecular formula is C10H21N3O2S. The molecule has 0 atom stereocenters. The average molecular weight is 247 g/mol. The molecule has 2 fully saturated rings. The van der Waals surface area contributed by atoms with Gasteiger partial charge in [0.2, 0.25) is 0 Å². The van der Waals surface area contributed by atoms with E-state index in [0.717, 1.165) is 39.0 Å². The molecule has 0 aromatic carbocycles. The Bertz CT molecular complexity index is 309. The van der Waals surface area contributed by atoms with Gasteiger partial charge in [-0.05, 0) is 19.9 Å². The molecule has 0 saturated carbocycles. The molecule has 0 radical (unpaired) electrons. The number of nitrogens with one attached hydrogen (secondary N) is 1. The van der Waals surface area contributed by atoms with E-state index in [1.54, 1.807) is 0 Å². The summed E-state index contributed by atoms with van der Waals surface area (Å²) >= 11 is 0. The quantitative estimate of drug-likeness (QED) is 0.700. The van der Waals surface area contributed by atoms with Crippen molar-refractivity contribution in [3.63, 3.8) is 0 Å². The number of hydrogen-bond donors (Lipinski definition) is 1. The molecule has 0 bridgehead atoms. The van der Waals surface area contributed by atoms with Crippen LogP contribution in [-0.4, -0.2) is 69.1 Å². The number of nitrogens with zero attached hydrogens (tertiary/aromatic N) is 2. The van der Waals surface area contributed by atoms with Crippen molar-refractivity contribution >= 4 is 9.84 Å². The predicted molar refractivity (Wildman–Crippen MR) is 63.9 cm³/mol. The van der Waals surface area contributed by atoms with Crippen LogP contribution in [0.15, 0.2) is 0 Å². The van der Waals surface area contributed by atoms with Crippen LogP contribution >= 0.6 is 0 Å². The Labute approximate surface area is 97.7 Å². The Hall–Kier alpha value is -0.170. The standard InChI is InChI=1S/C10H21N3O2S/c1-12-4-6-13(7-5-12)11-10-2-8-16(14,15)9-3-10/h10-11H,2-9H2,1H3. The fourth-order valence-electron chi connectivity index (χ4n) is 2.21. The van der Waals surface area contributed by atoms with Crippen LogP contribution in [0.2, 0.25) is 0 Å². The molecule has 0 aliphatic carbocycles. The van der Waals surface area contributed by atoms with Gasteiger partial charge in [0.1, 0.15) is 9.84 Å². The summed E-state index contributed by atoms with van der Waals surface area (Å²) < 4.78 is 22.6. The number of rotatable bonds is 2. The molecule has 1 N–H and O–H groups in total. The molecular weight excluding hydrogens is 226 g/mol. The fraction of sp³-hybridized carbons (Fsp3) is 1.00. The first-order chi connectivity index (χ1) is 7.55. The molecule has 2 heterocycles. The van der Waals surface area contributed by atoms with Crippen molar-refractivity contribution in [1.82, 2.24) is 15.3 Å². The first-order valence-corrected chi connectivity index (χ1v) is 7.77. The van der Waals surface area contributed by atoms with Gasteiger partial charge in [-0.2, -0.15) is 0 Å². The molecule has 0 aromatic rings. The topological polar surface area (TPSA) is 52.6 Å². The van der Waals surface area contributed by atoms with Crippen LogP contribution in [0, 0.1) is 0 Å². The monoisotopic (exact) mass is 247 g/mol. The summed E-state index contributed by atoms with van der Waals surface area (Å²) in [5.74, 6) is 0.691. The second-order valence-corrected chi connectivity index (χ2v) is 7.15. The zero-order chi connectivity index (χ0) is 11.6. The van der Waals surface area contributed by atoms with E-state index in [2.05, 4.69) is 22.4 Å². The Kier molecular flexibility index (Phi) is 3.84. The number of hydrazine groups is 1. The molecule has 0 amide bonds. The van der Waals surface area contributed by atoms with Gasteiger partial charge < -0.3 is 4.90 Å². The summed E-state index contributed by atoms with van der Waals surface area (Å²) in [7, 11) is -0.603. The highest BCUT2D eigenvalue weighted by molar-refractivity contribution is 7.91. The Morgan fingerprint density at radius 3 is 2.19 bits per heavy atom. The van der Waals surface area contributed by atoms with Crippen molar-refractivity contribution in [3.8, 4) is 0 Å². The normalized spacial score (nSPS) is 29.3. The van der Waals surface area contributed by atoms with Crippen LogP contribution in [-0.2, 0) is 9.84 Å². The maximum Gasteiger partial charge on any atom is 0.150 e. The van der Waals surface area contributed by atoms with Gasteiger partial charge in [-0.3, -0.25) is 5.43 Å². The molecule has 2 saturated heterocycles. The summed E-state index contributed by atoms with van der Waals surface area (Å²) in [5, 5.41) is 2.24. The van der Waals surface area contributed by atoms with Gasteiger partial charge in [0.05, 0.1) is 11.5 Å². The van der Waals surface area contributed by atoms with Crippen molar-refractivity contribution in [2.45, 2.75) is 18.9 Å². The maximum absolute atomic E-state index is 11.3. The predicted octanol–water partition coefficient (Wildman–Crippen LogP) is -0.684. The van der Waals surface area contributed by atoms with Gasteiger partial charge in [-0.25, -0.2) is 13.4 Å². The zero-order valence-electron chi connectivity index (χ0n) is 9.85. The number of sulfone groups is 1. The van der Waals surface area contributed by atoms with Gasteiger partial charge in [0.25, 0.3) is 0 Å². The van der Waals surface area contributed by atoms with Gasteiger partial charge in [0.15, 0.2) is 0 Å². The smallest absolute Gasteiger partial charge is 0.150 e. The largest absolute Gasteiger partial charge is 0.304 e. The minimum Gasteiger partial charge on any atom is -0.304 e. The van der Waals surface area contributed by atoms with E-state index in [9.17, 15) is 8.42 Å². The third-order valence-electron chi connectivity index (χ3n) is 3.42. The van der Waals surface area contributed by atoms with Crippen molar-refractivity contribution in [2.75, 3.05) is 44.7 Å². The highest BCUT2D eigenvalue weighted by Gasteiger charge is 2.25. The molecule has 2 rings (SSSR count). The second kappa shape index (κ2) is 5.00. The van der Waals surface area contributed by atoms with E-state index in [0.29, 0.717) is 17.5 Å². The lowest BCUT2D eigenvalue weighted by Gasteiger charge is -2.36. The number of likely N-dealkylation sites (N-methyl/N-ethyl adjacent to an activating group) is 1. The van der Waals surface area contributed by atoms with Crippen molar-refractivity contribution in [3.05, 3.63) is 0 Å². The van der Waals surface area contributed by atoms with Crippen LogP contribution in [0.4, 0.5) is 0 Å². The van der Waals surface area contributed by atoms with Crippen LogP contribution in [0.1, 0.15) is 12.8 Å². The minimum atomic E-state index is -2.73. The van der Waals surface area contributed by atoms with E-state index < -0.39 is 9.84 Å². The van der Waals surface area contributed by atoms with Crippen molar-refractivity contribution in [2.24, 2.45) is 0 Å². The lowest BCUT2D eigenvalue weighted by Crippen LogP contribution is -2.55. The molecule has 0 unspecified atom stereocenters. The molecule has 5 nitrogen and oxygen atoms in total. The van der Waals surface area contributed by atoms with E-state index >= 15 is 0 Å². The summed E-state index contributed by atoms with van der Waals surface area (Å²) in [6.07, 6.45) is 1.52. The molecule has 2 aliphatic heterocycles. The SMILES string of the molecule is CN1CCN(NC2CCS(=O)(=O)CC2)CC1. The van der Waals surface area contributed by atoms with Crippen LogP contribution in [0.5, 0.6) is 0 Å². The van der Waals surface area contributed by atoms with Gasteiger partial charge in [-0.1, -0.05) is 0 Å². The third kappa shape index (κ3) is 3.41. The maximum atomic E-state index is 11.3. The van der Waals surface area contributed by atoms with E-state index in [-0.39, 0.29) is 0 Å². The zero-order valence-corrected chi connectivity index (χ0v) is 10.7. The highest BCUT2D eigenvalue weighted by Crippen LogP contribution is 2.13. The van der Waals surface area contributed by atoms with Crippen LogP contribution in [0.3, 0.4) is 0 Å². The van der Waals surface area contributed by atoms with E-state index in [1.165, 1.54) is 0 Å².